The molecular formula is C41H32B2N2O. The van der Waals surface area contributed by atoms with Gasteiger partial charge in [-0.3, -0.25) is 0 Å². The Morgan fingerprint density at radius 2 is 0.891 bits per heavy atom. The zero-order valence-corrected chi connectivity index (χ0v) is 26.8. The van der Waals surface area contributed by atoms with E-state index >= 15 is 0 Å². The molecular weight excluding hydrogens is 558 g/mol. The number of ether oxygens (including phenoxy) is 1. The summed E-state index contributed by atoms with van der Waals surface area (Å²) >= 11 is 0. The molecule has 218 valence electrons. The van der Waals surface area contributed by atoms with Crippen molar-refractivity contribution in [1.82, 2.24) is 0 Å². The highest BCUT2D eigenvalue weighted by atomic mass is 16.5. The summed E-state index contributed by atoms with van der Waals surface area (Å²) in [7, 11) is 0. The first kappa shape index (κ1) is 26.1. The van der Waals surface area contributed by atoms with Gasteiger partial charge >= 0.3 is 0 Å². The Hall–Kier alpha value is -5.15. The Morgan fingerprint density at radius 3 is 1.48 bits per heavy atom. The SMILES string of the molecule is Cc1ccc(N2c3ccc(C)cc3B3c4cc(C)ccc4N4c5ccc(C)cc5B5c6cc(C)ccc6Oc6cc2c3c4c65)cc1. The molecule has 0 N–H and O–H groups in total. The number of hydrogen-bond donors (Lipinski definition) is 0. The molecule has 0 atom stereocenters. The van der Waals surface area contributed by atoms with Crippen molar-refractivity contribution >= 4 is 80.3 Å². The van der Waals surface area contributed by atoms with Crippen LogP contribution in [0.25, 0.3) is 0 Å². The van der Waals surface area contributed by atoms with Crippen LogP contribution in [-0.4, -0.2) is 13.4 Å². The molecule has 5 heteroatoms. The summed E-state index contributed by atoms with van der Waals surface area (Å²) in [5.41, 5.74) is 21.7. The molecule has 0 spiro atoms. The minimum atomic E-state index is 0.0875. The second-order valence-corrected chi connectivity index (χ2v) is 13.8. The topological polar surface area (TPSA) is 15.7 Å². The summed E-state index contributed by atoms with van der Waals surface area (Å²) in [5, 5.41) is 0. The van der Waals surface area contributed by atoms with Crippen LogP contribution < -0.4 is 47.3 Å². The van der Waals surface area contributed by atoms with Crippen LogP contribution in [0.3, 0.4) is 0 Å². The molecule has 6 aromatic carbocycles. The van der Waals surface area contributed by atoms with Crippen LogP contribution in [-0.2, 0) is 0 Å². The molecule has 0 unspecified atom stereocenters. The van der Waals surface area contributed by atoms with Gasteiger partial charge in [0, 0.05) is 40.2 Å². The van der Waals surface area contributed by atoms with E-state index in [0.29, 0.717) is 0 Å². The molecule has 0 amide bonds. The van der Waals surface area contributed by atoms with Crippen LogP contribution in [0.2, 0.25) is 0 Å². The molecule has 4 heterocycles. The monoisotopic (exact) mass is 590 g/mol. The van der Waals surface area contributed by atoms with Gasteiger partial charge in [-0.1, -0.05) is 88.5 Å². The van der Waals surface area contributed by atoms with E-state index in [2.05, 4.69) is 148 Å². The lowest BCUT2D eigenvalue weighted by atomic mass is 9.29. The van der Waals surface area contributed by atoms with Crippen LogP contribution in [0.15, 0.2) is 103 Å². The third-order valence-corrected chi connectivity index (χ3v) is 10.6. The van der Waals surface area contributed by atoms with Crippen molar-refractivity contribution < 1.29 is 4.74 Å². The molecule has 0 saturated carbocycles. The fourth-order valence-electron chi connectivity index (χ4n) is 8.60. The summed E-state index contributed by atoms with van der Waals surface area (Å²) in [6, 6.07) is 39.0. The summed E-state index contributed by atoms with van der Waals surface area (Å²) in [4.78, 5) is 5.04. The predicted octanol–water partition coefficient (Wildman–Crippen LogP) is 6.25. The first-order valence-electron chi connectivity index (χ1n) is 16.3. The first-order valence-corrected chi connectivity index (χ1v) is 16.3. The Morgan fingerprint density at radius 1 is 0.413 bits per heavy atom. The first-order chi connectivity index (χ1) is 22.4. The molecule has 10 rings (SSSR count). The van der Waals surface area contributed by atoms with Crippen molar-refractivity contribution in [1.29, 1.82) is 0 Å². The minimum Gasteiger partial charge on any atom is -0.458 e. The molecule has 0 aliphatic carbocycles. The fraction of sp³-hybridized carbons (Fsp3) is 0.122. The lowest BCUT2D eigenvalue weighted by molar-refractivity contribution is 0.487. The van der Waals surface area contributed by atoms with E-state index in [1.165, 1.54) is 89.0 Å². The van der Waals surface area contributed by atoms with E-state index in [9.17, 15) is 0 Å². The summed E-state index contributed by atoms with van der Waals surface area (Å²) in [6.07, 6.45) is 0. The maximum Gasteiger partial charge on any atom is 0.256 e. The average Bonchev–Trinajstić information content (AvgIpc) is 3.04. The molecule has 0 aromatic heterocycles. The molecule has 3 nitrogen and oxygen atoms in total. The van der Waals surface area contributed by atoms with Gasteiger partial charge in [0.05, 0.1) is 0 Å². The number of benzene rings is 6. The van der Waals surface area contributed by atoms with Crippen LogP contribution >= 0.6 is 0 Å². The maximum absolute atomic E-state index is 6.96. The van der Waals surface area contributed by atoms with Crippen LogP contribution in [0.1, 0.15) is 27.8 Å². The van der Waals surface area contributed by atoms with Gasteiger partial charge in [-0.15, -0.1) is 0 Å². The third kappa shape index (κ3) is 3.35. The lowest BCUT2D eigenvalue weighted by Gasteiger charge is -2.49. The van der Waals surface area contributed by atoms with Gasteiger partial charge in [0.1, 0.15) is 11.5 Å². The van der Waals surface area contributed by atoms with Crippen LogP contribution in [0.5, 0.6) is 11.5 Å². The highest BCUT2D eigenvalue weighted by molar-refractivity contribution is 7.04. The molecule has 6 aromatic rings. The molecule has 0 bridgehead atoms. The van der Waals surface area contributed by atoms with Crippen molar-refractivity contribution in [2.24, 2.45) is 0 Å². The lowest BCUT2D eigenvalue weighted by Crippen LogP contribution is -2.68. The van der Waals surface area contributed by atoms with Crippen molar-refractivity contribution in [2.45, 2.75) is 34.6 Å². The number of aryl methyl sites for hydroxylation is 5. The Balaban J connectivity index is 1.39. The minimum absolute atomic E-state index is 0.0875. The van der Waals surface area contributed by atoms with Gasteiger partial charge in [0.15, 0.2) is 0 Å². The summed E-state index contributed by atoms with van der Waals surface area (Å²) in [5.74, 6) is 1.91. The quantitative estimate of drug-likeness (QED) is 0.211. The second-order valence-electron chi connectivity index (χ2n) is 13.8. The van der Waals surface area contributed by atoms with Gasteiger partial charge in [-0.25, -0.2) is 0 Å². The number of nitrogens with zero attached hydrogens (tertiary/aromatic N) is 2. The van der Waals surface area contributed by atoms with Gasteiger partial charge in [-0.2, -0.15) is 0 Å². The Bertz CT molecular complexity index is 2300. The van der Waals surface area contributed by atoms with Crippen molar-refractivity contribution in [3.63, 3.8) is 0 Å². The van der Waals surface area contributed by atoms with Gasteiger partial charge < -0.3 is 14.5 Å². The Kier molecular flexibility index (Phi) is 5.09. The second kappa shape index (κ2) is 8.98. The summed E-state index contributed by atoms with van der Waals surface area (Å²) < 4.78 is 6.96. The predicted molar refractivity (Wildman–Crippen MR) is 195 cm³/mol. The van der Waals surface area contributed by atoms with E-state index in [0.717, 1.165) is 17.2 Å². The van der Waals surface area contributed by atoms with Crippen molar-refractivity contribution in [3.8, 4) is 11.5 Å². The normalized spacial score (nSPS) is 14.2. The number of hydrogen-bond acceptors (Lipinski definition) is 3. The molecule has 0 radical (unpaired) electrons. The van der Waals surface area contributed by atoms with Gasteiger partial charge in [0.2, 0.25) is 0 Å². The van der Waals surface area contributed by atoms with Crippen LogP contribution in [0, 0.1) is 34.6 Å². The van der Waals surface area contributed by atoms with Crippen molar-refractivity contribution in [2.75, 3.05) is 9.80 Å². The fourth-order valence-corrected chi connectivity index (χ4v) is 8.60. The van der Waals surface area contributed by atoms with Gasteiger partial charge in [-0.05, 0) is 104 Å². The molecule has 4 aliphatic heterocycles. The highest BCUT2D eigenvalue weighted by Gasteiger charge is 2.51. The van der Waals surface area contributed by atoms with E-state index < -0.39 is 0 Å². The maximum atomic E-state index is 6.96. The number of rotatable bonds is 1. The largest absolute Gasteiger partial charge is 0.458 e. The average molecular weight is 590 g/mol. The number of fused-ring (bicyclic) bond motifs is 10. The van der Waals surface area contributed by atoms with Gasteiger partial charge in [0.25, 0.3) is 13.4 Å². The summed E-state index contributed by atoms with van der Waals surface area (Å²) in [6.45, 7) is 11.2. The molecule has 0 saturated heterocycles. The number of anilines is 6. The van der Waals surface area contributed by atoms with E-state index in [1.807, 2.05) is 0 Å². The zero-order chi connectivity index (χ0) is 31.0. The zero-order valence-electron chi connectivity index (χ0n) is 26.8. The van der Waals surface area contributed by atoms with E-state index in [1.54, 1.807) is 0 Å². The van der Waals surface area contributed by atoms with Crippen LogP contribution in [0.4, 0.5) is 34.1 Å². The van der Waals surface area contributed by atoms with E-state index in [4.69, 9.17) is 4.74 Å². The Labute approximate surface area is 271 Å². The molecule has 46 heavy (non-hydrogen) atoms. The third-order valence-electron chi connectivity index (χ3n) is 10.6. The smallest absolute Gasteiger partial charge is 0.256 e. The standard InChI is InChI=1S/C41H32B2N2O/c1-23-6-12-28(13-7-23)44-33-14-8-24(2)18-29(33)42-30-19-25(3)9-15-34(30)45-35-16-10-26(4)20-31(35)43-32-21-27(5)11-17-37(32)46-38-22-36(44)39(42)41(45)40(38)43/h6-22H,1-5H3. The van der Waals surface area contributed by atoms with E-state index in [-0.39, 0.29) is 13.4 Å². The van der Waals surface area contributed by atoms with Crippen molar-refractivity contribution in [3.05, 3.63) is 131 Å². The highest BCUT2D eigenvalue weighted by Crippen LogP contribution is 2.48. The molecule has 0 fully saturated rings. The molecule has 4 aliphatic rings.